The Labute approximate surface area is 122 Å². The molecule has 0 bridgehead atoms. The highest BCUT2D eigenvalue weighted by atomic mass is 16.5. The summed E-state index contributed by atoms with van der Waals surface area (Å²) >= 11 is 0. The summed E-state index contributed by atoms with van der Waals surface area (Å²) in [5.41, 5.74) is -0.276. The van der Waals surface area contributed by atoms with Gasteiger partial charge in [-0.3, -0.25) is 14.6 Å². The minimum absolute atomic E-state index is 0.115. The zero-order chi connectivity index (χ0) is 15.0. The third-order valence-electron chi connectivity index (χ3n) is 5.41. The fourth-order valence-corrected chi connectivity index (χ4v) is 3.63. The van der Waals surface area contributed by atoms with Crippen molar-refractivity contribution < 1.29 is 9.53 Å². The van der Waals surface area contributed by atoms with E-state index in [0.29, 0.717) is 6.04 Å². The molecule has 5 nitrogen and oxygen atoms in total. The largest absolute Gasteiger partial charge is 0.468 e. The maximum atomic E-state index is 12.1. The summed E-state index contributed by atoms with van der Waals surface area (Å²) in [5.74, 6) is -0.115. The second-order valence-corrected chi connectivity index (χ2v) is 6.92. The first kappa shape index (κ1) is 15.7. The molecule has 1 heterocycles. The molecule has 1 aliphatic carbocycles. The number of nitrogens with one attached hydrogen (secondary N) is 1. The molecular formula is C15H29N3O2. The van der Waals surface area contributed by atoms with Crippen LogP contribution in [0.3, 0.4) is 0 Å². The number of piperazine rings is 1. The summed E-state index contributed by atoms with van der Waals surface area (Å²) in [6.45, 7) is 7.83. The predicted molar refractivity (Wildman–Crippen MR) is 79.7 cm³/mol. The van der Waals surface area contributed by atoms with Crippen LogP contribution in [0.4, 0.5) is 0 Å². The van der Waals surface area contributed by atoms with Crippen LogP contribution in [0.2, 0.25) is 0 Å². The maximum Gasteiger partial charge on any atom is 0.326 e. The SMILES string of the molecule is CNC1(C(=O)OC)CCC(N2CCN(C)C(C)(C)C2)C1. The van der Waals surface area contributed by atoms with Gasteiger partial charge in [-0.15, -0.1) is 0 Å². The first-order valence-corrected chi connectivity index (χ1v) is 7.57. The van der Waals surface area contributed by atoms with Gasteiger partial charge in [0.15, 0.2) is 0 Å². The van der Waals surface area contributed by atoms with Gasteiger partial charge in [0.05, 0.1) is 7.11 Å². The highest BCUT2D eigenvalue weighted by Gasteiger charge is 2.48. The molecule has 0 spiro atoms. The van der Waals surface area contributed by atoms with E-state index in [4.69, 9.17) is 4.74 Å². The van der Waals surface area contributed by atoms with Gasteiger partial charge in [0, 0.05) is 31.2 Å². The first-order chi connectivity index (χ1) is 9.34. The van der Waals surface area contributed by atoms with Crippen molar-refractivity contribution in [2.75, 3.05) is 40.8 Å². The number of rotatable bonds is 3. The molecule has 1 N–H and O–H groups in total. The van der Waals surface area contributed by atoms with E-state index >= 15 is 0 Å². The molecule has 116 valence electrons. The summed E-state index contributed by atoms with van der Waals surface area (Å²) in [4.78, 5) is 17.0. The molecule has 5 heteroatoms. The lowest BCUT2D eigenvalue weighted by molar-refractivity contribution is -0.148. The van der Waals surface area contributed by atoms with Crippen LogP contribution in [-0.2, 0) is 9.53 Å². The summed E-state index contributed by atoms with van der Waals surface area (Å²) in [6, 6.07) is 0.481. The molecule has 1 saturated heterocycles. The summed E-state index contributed by atoms with van der Waals surface area (Å²) < 4.78 is 4.99. The normalized spacial score (nSPS) is 35.1. The highest BCUT2D eigenvalue weighted by Crippen LogP contribution is 2.35. The van der Waals surface area contributed by atoms with E-state index in [2.05, 4.69) is 36.0 Å². The molecule has 1 saturated carbocycles. The van der Waals surface area contributed by atoms with Crippen LogP contribution >= 0.6 is 0 Å². The van der Waals surface area contributed by atoms with Gasteiger partial charge in [-0.1, -0.05) is 0 Å². The quantitative estimate of drug-likeness (QED) is 0.772. The third kappa shape index (κ3) is 2.71. The van der Waals surface area contributed by atoms with Crippen LogP contribution in [0, 0.1) is 0 Å². The van der Waals surface area contributed by atoms with Gasteiger partial charge in [-0.2, -0.15) is 0 Å². The Bertz CT molecular complexity index is 372. The molecule has 0 radical (unpaired) electrons. The average Bonchev–Trinajstić information content (AvgIpc) is 2.86. The Hall–Kier alpha value is -0.650. The standard InChI is InChI=1S/C15H29N3O2/c1-14(2)11-18(9-8-17(14)4)12-6-7-15(10-12,16-3)13(19)20-5/h12,16H,6-11H2,1-5H3. The van der Waals surface area contributed by atoms with Gasteiger partial charge >= 0.3 is 5.97 Å². The molecule has 20 heavy (non-hydrogen) atoms. The summed E-state index contributed by atoms with van der Waals surface area (Å²) in [5, 5.41) is 3.22. The van der Waals surface area contributed by atoms with Gasteiger partial charge in [-0.05, 0) is 47.2 Å². The summed E-state index contributed by atoms with van der Waals surface area (Å²) in [7, 11) is 5.54. The molecule has 0 aromatic rings. The Morgan fingerprint density at radius 1 is 1.35 bits per heavy atom. The lowest BCUT2D eigenvalue weighted by Crippen LogP contribution is -2.60. The molecule has 2 unspecified atom stereocenters. The van der Waals surface area contributed by atoms with Gasteiger partial charge in [0.25, 0.3) is 0 Å². The zero-order valence-electron chi connectivity index (χ0n) is 13.5. The number of likely N-dealkylation sites (N-methyl/N-ethyl adjacent to an activating group) is 2. The van der Waals surface area contributed by atoms with Gasteiger partial charge in [0.2, 0.25) is 0 Å². The van der Waals surface area contributed by atoms with Crippen LogP contribution in [0.25, 0.3) is 0 Å². The third-order valence-corrected chi connectivity index (χ3v) is 5.41. The number of esters is 1. The van der Waals surface area contributed by atoms with E-state index in [1.165, 1.54) is 7.11 Å². The Morgan fingerprint density at radius 3 is 2.60 bits per heavy atom. The molecule has 0 aromatic carbocycles. The molecule has 2 aliphatic rings. The van der Waals surface area contributed by atoms with Crippen molar-refractivity contribution in [2.24, 2.45) is 0 Å². The van der Waals surface area contributed by atoms with E-state index in [1.54, 1.807) is 0 Å². The van der Waals surface area contributed by atoms with E-state index in [9.17, 15) is 4.79 Å². The molecule has 2 atom stereocenters. The van der Waals surface area contributed by atoms with Gasteiger partial charge < -0.3 is 10.1 Å². The minimum Gasteiger partial charge on any atom is -0.468 e. The van der Waals surface area contributed by atoms with Crippen molar-refractivity contribution in [1.29, 1.82) is 0 Å². The Morgan fingerprint density at radius 2 is 2.05 bits per heavy atom. The number of hydrogen-bond donors (Lipinski definition) is 1. The van der Waals surface area contributed by atoms with Crippen molar-refractivity contribution in [3.05, 3.63) is 0 Å². The van der Waals surface area contributed by atoms with Crippen LogP contribution in [-0.4, -0.2) is 73.7 Å². The van der Waals surface area contributed by atoms with E-state index in [1.807, 2.05) is 7.05 Å². The van der Waals surface area contributed by atoms with Crippen LogP contribution < -0.4 is 5.32 Å². The van der Waals surface area contributed by atoms with Crippen molar-refractivity contribution in [3.63, 3.8) is 0 Å². The molecule has 1 aliphatic heterocycles. The lowest BCUT2D eigenvalue weighted by Gasteiger charge is -2.47. The highest BCUT2D eigenvalue weighted by molar-refractivity contribution is 5.81. The number of ether oxygens (including phenoxy) is 1. The predicted octanol–water partition coefficient (Wildman–Crippen LogP) is 0.696. The minimum atomic E-state index is -0.479. The molecule has 0 amide bonds. The van der Waals surface area contributed by atoms with E-state index < -0.39 is 5.54 Å². The second-order valence-electron chi connectivity index (χ2n) is 6.92. The van der Waals surface area contributed by atoms with Crippen LogP contribution in [0.5, 0.6) is 0 Å². The van der Waals surface area contributed by atoms with E-state index in [-0.39, 0.29) is 11.5 Å². The number of carbonyl (C=O) groups excluding carboxylic acids is 1. The topological polar surface area (TPSA) is 44.8 Å². The van der Waals surface area contributed by atoms with Crippen molar-refractivity contribution in [2.45, 2.75) is 50.2 Å². The molecular weight excluding hydrogens is 254 g/mol. The van der Waals surface area contributed by atoms with E-state index in [0.717, 1.165) is 38.9 Å². The fourth-order valence-electron chi connectivity index (χ4n) is 3.63. The first-order valence-electron chi connectivity index (χ1n) is 7.57. The Kier molecular flexibility index (Phi) is 4.42. The summed E-state index contributed by atoms with van der Waals surface area (Å²) in [6.07, 6.45) is 2.79. The molecule has 2 rings (SSSR count). The lowest BCUT2D eigenvalue weighted by atomic mass is 9.95. The monoisotopic (exact) mass is 283 g/mol. The smallest absolute Gasteiger partial charge is 0.326 e. The number of methoxy groups -OCH3 is 1. The van der Waals surface area contributed by atoms with Crippen LogP contribution in [0.15, 0.2) is 0 Å². The van der Waals surface area contributed by atoms with Crippen molar-refractivity contribution >= 4 is 5.97 Å². The van der Waals surface area contributed by atoms with Gasteiger partial charge in [-0.25, -0.2) is 0 Å². The maximum absolute atomic E-state index is 12.1. The Balaban J connectivity index is 2.04. The van der Waals surface area contributed by atoms with Crippen molar-refractivity contribution in [1.82, 2.24) is 15.1 Å². The fraction of sp³-hybridized carbons (Fsp3) is 0.933. The van der Waals surface area contributed by atoms with Crippen LogP contribution in [0.1, 0.15) is 33.1 Å². The number of nitrogens with zero attached hydrogens (tertiary/aromatic N) is 2. The molecule has 2 fully saturated rings. The van der Waals surface area contributed by atoms with Crippen molar-refractivity contribution in [3.8, 4) is 0 Å². The number of carbonyl (C=O) groups is 1. The number of hydrogen-bond acceptors (Lipinski definition) is 5. The van der Waals surface area contributed by atoms with Gasteiger partial charge in [0.1, 0.15) is 5.54 Å². The second kappa shape index (κ2) is 5.62. The average molecular weight is 283 g/mol. The molecule has 0 aromatic heterocycles. The zero-order valence-corrected chi connectivity index (χ0v) is 13.5.